The van der Waals surface area contributed by atoms with E-state index in [0.29, 0.717) is 0 Å². The lowest BCUT2D eigenvalue weighted by Crippen LogP contribution is -2.68. The van der Waals surface area contributed by atoms with Crippen molar-refractivity contribution in [1.82, 2.24) is 5.32 Å². The van der Waals surface area contributed by atoms with E-state index in [2.05, 4.69) is 5.32 Å². The molecule has 1 fully saturated rings. The second-order valence-electron chi connectivity index (χ2n) is 3.37. The van der Waals surface area contributed by atoms with Gasteiger partial charge in [0.2, 0.25) is 0 Å². The molecular formula is C7H15NO5. The molecule has 0 spiro atoms. The van der Waals surface area contributed by atoms with Crippen LogP contribution in [0.4, 0.5) is 0 Å². The minimum absolute atomic E-state index is 0.0625. The van der Waals surface area contributed by atoms with E-state index in [-0.39, 0.29) is 13.2 Å². The van der Waals surface area contributed by atoms with E-state index in [4.69, 9.17) is 10.2 Å². The van der Waals surface area contributed by atoms with Crippen LogP contribution in [-0.2, 0) is 0 Å². The van der Waals surface area contributed by atoms with Gasteiger partial charge in [-0.2, -0.15) is 0 Å². The van der Waals surface area contributed by atoms with Crippen molar-refractivity contribution < 1.29 is 25.5 Å². The van der Waals surface area contributed by atoms with Crippen molar-refractivity contribution in [2.75, 3.05) is 19.8 Å². The van der Waals surface area contributed by atoms with Gasteiger partial charge in [0, 0.05) is 6.54 Å². The summed E-state index contributed by atoms with van der Waals surface area (Å²) < 4.78 is 0. The molecule has 0 aromatic heterocycles. The van der Waals surface area contributed by atoms with E-state index in [1.807, 2.05) is 0 Å². The highest BCUT2D eigenvalue weighted by molar-refractivity contribution is 5.01. The molecule has 0 aliphatic carbocycles. The van der Waals surface area contributed by atoms with Gasteiger partial charge in [-0.1, -0.05) is 0 Å². The Kier molecular flexibility index (Phi) is 3.23. The van der Waals surface area contributed by atoms with E-state index in [0.717, 1.165) is 0 Å². The van der Waals surface area contributed by atoms with E-state index < -0.39 is 30.5 Å². The molecule has 6 N–H and O–H groups in total. The van der Waals surface area contributed by atoms with Crippen LogP contribution < -0.4 is 5.32 Å². The molecule has 6 nitrogen and oxygen atoms in total. The molecule has 1 aliphatic rings. The fourth-order valence-electron chi connectivity index (χ4n) is 1.39. The van der Waals surface area contributed by atoms with E-state index in [1.165, 1.54) is 0 Å². The van der Waals surface area contributed by atoms with E-state index in [9.17, 15) is 15.3 Å². The second kappa shape index (κ2) is 3.87. The maximum absolute atomic E-state index is 9.53. The summed E-state index contributed by atoms with van der Waals surface area (Å²) in [6.45, 7) is -1.04. The normalized spacial score (nSPS) is 46.4. The highest BCUT2D eigenvalue weighted by atomic mass is 16.4. The van der Waals surface area contributed by atoms with Gasteiger partial charge in [0.15, 0.2) is 0 Å². The van der Waals surface area contributed by atoms with Gasteiger partial charge in [0.05, 0.1) is 19.3 Å². The van der Waals surface area contributed by atoms with Gasteiger partial charge in [0.25, 0.3) is 0 Å². The first kappa shape index (κ1) is 10.8. The number of aliphatic hydroxyl groups excluding tert-OH is 4. The summed E-state index contributed by atoms with van der Waals surface area (Å²) in [6, 6.07) is -0.665. The van der Waals surface area contributed by atoms with Crippen LogP contribution in [0.3, 0.4) is 0 Å². The molecular weight excluding hydrogens is 178 g/mol. The Bertz CT molecular complexity index is 178. The van der Waals surface area contributed by atoms with Crippen LogP contribution in [-0.4, -0.2) is 69.1 Å². The molecule has 0 radical (unpaired) electrons. The van der Waals surface area contributed by atoms with Gasteiger partial charge in [-0.3, -0.25) is 0 Å². The van der Waals surface area contributed by atoms with Gasteiger partial charge >= 0.3 is 0 Å². The Balaban J connectivity index is 2.69. The number of hydrogen-bond donors (Lipinski definition) is 6. The number of aliphatic hydroxyl groups is 5. The molecule has 4 atom stereocenters. The predicted molar refractivity (Wildman–Crippen MR) is 42.9 cm³/mol. The third-order valence-corrected chi connectivity index (χ3v) is 2.43. The molecule has 1 rings (SSSR count). The Hall–Kier alpha value is -0.240. The molecule has 1 saturated heterocycles. The van der Waals surface area contributed by atoms with Gasteiger partial charge < -0.3 is 30.8 Å². The molecule has 0 saturated carbocycles. The fraction of sp³-hybridized carbons (Fsp3) is 1.00. The monoisotopic (exact) mass is 193 g/mol. The maximum Gasteiger partial charge on any atom is 0.128 e. The maximum atomic E-state index is 9.53. The zero-order valence-electron chi connectivity index (χ0n) is 7.09. The average molecular weight is 193 g/mol. The third kappa shape index (κ3) is 1.83. The number of hydrogen-bond acceptors (Lipinski definition) is 6. The largest absolute Gasteiger partial charge is 0.395 e. The van der Waals surface area contributed by atoms with Crippen molar-refractivity contribution in [3.8, 4) is 0 Å². The lowest BCUT2D eigenvalue weighted by atomic mass is 9.86. The van der Waals surface area contributed by atoms with Gasteiger partial charge in [-0.25, -0.2) is 0 Å². The van der Waals surface area contributed by atoms with Crippen molar-refractivity contribution >= 4 is 0 Å². The van der Waals surface area contributed by atoms with Crippen molar-refractivity contribution in [3.05, 3.63) is 0 Å². The fourth-order valence-corrected chi connectivity index (χ4v) is 1.39. The van der Waals surface area contributed by atoms with Crippen LogP contribution in [0.5, 0.6) is 0 Å². The summed E-state index contributed by atoms with van der Waals surface area (Å²) in [4.78, 5) is 0. The Morgan fingerprint density at radius 1 is 1.31 bits per heavy atom. The number of nitrogens with one attached hydrogen (secondary N) is 1. The average Bonchev–Trinajstić information content (AvgIpc) is 2.15. The first-order valence-corrected chi connectivity index (χ1v) is 4.09. The highest BCUT2D eigenvalue weighted by Crippen LogP contribution is 2.19. The molecule has 78 valence electrons. The van der Waals surface area contributed by atoms with Crippen LogP contribution in [0, 0.1) is 0 Å². The minimum Gasteiger partial charge on any atom is -0.395 e. The molecule has 1 aliphatic heterocycles. The highest BCUT2D eigenvalue weighted by Gasteiger charge is 2.46. The van der Waals surface area contributed by atoms with Crippen molar-refractivity contribution in [3.63, 3.8) is 0 Å². The number of rotatable bonds is 2. The Labute approximate surface area is 75.4 Å². The van der Waals surface area contributed by atoms with Crippen molar-refractivity contribution in [2.24, 2.45) is 0 Å². The summed E-state index contributed by atoms with van der Waals surface area (Å²) in [6.07, 6.45) is -2.73. The second-order valence-corrected chi connectivity index (χ2v) is 3.37. The molecule has 13 heavy (non-hydrogen) atoms. The molecule has 0 amide bonds. The van der Waals surface area contributed by atoms with Gasteiger partial charge in [-0.15, -0.1) is 0 Å². The van der Waals surface area contributed by atoms with Gasteiger partial charge in [0.1, 0.15) is 17.8 Å². The molecule has 0 aromatic rings. The van der Waals surface area contributed by atoms with E-state index >= 15 is 0 Å². The zero-order chi connectivity index (χ0) is 10.1. The van der Waals surface area contributed by atoms with Crippen molar-refractivity contribution in [1.29, 1.82) is 0 Å². The van der Waals surface area contributed by atoms with Crippen LogP contribution >= 0.6 is 0 Å². The van der Waals surface area contributed by atoms with Crippen LogP contribution in [0.2, 0.25) is 0 Å². The first-order valence-electron chi connectivity index (χ1n) is 4.09. The van der Waals surface area contributed by atoms with E-state index in [1.54, 1.807) is 0 Å². The third-order valence-electron chi connectivity index (χ3n) is 2.43. The summed E-state index contributed by atoms with van der Waals surface area (Å²) in [5.41, 5.74) is -1.73. The molecule has 0 aromatic carbocycles. The van der Waals surface area contributed by atoms with Crippen LogP contribution in [0.25, 0.3) is 0 Å². The minimum atomic E-state index is -1.73. The SMILES string of the molecule is OC[C@H]1NC[C@](O)(CO)[C@@H](O)[C@@H]1O. The lowest BCUT2D eigenvalue weighted by Gasteiger charge is -2.42. The number of piperidine rings is 1. The smallest absolute Gasteiger partial charge is 0.128 e. The topological polar surface area (TPSA) is 113 Å². The summed E-state index contributed by atoms with van der Waals surface area (Å²) >= 11 is 0. The summed E-state index contributed by atoms with van der Waals surface area (Å²) in [5.74, 6) is 0. The Morgan fingerprint density at radius 3 is 2.38 bits per heavy atom. The van der Waals surface area contributed by atoms with Gasteiger partial charge in [-0.05, 0) is 0 Å². The van der Waals surface area contributed by atoms with Crippen LogP contribution in [0.15, 0.2) is 0 Å². The summed E-state index contributed by atoms with van der Waals surface area (Å²) in [7, 11) is 0. The van der Waals surface area contributed by atoms with Crippen LogP contribution in [0.1, 0.15) is 0 Å². The Morgan fingerprint density at radius 2 is 1.92 bits per heavy atom. The molecule has 1 heterocycles. The standard InChI is InChI=1S/C7H15NO5/c9-1-4-5(11)6(12)7(13,3-10)2-8-4/h4-6,8-13H,1-3H2/t4-,5-,6+,7+/m1/s1. The molecule has 0 bridgehead atoms. The molecule has 0 unspecified atom stereocenters. The number of β-amino-alcohol motifs (C(OH)–C–C–N with tert-alkyl or cyclic N) is 1. The van der Waals surface area contributed by atoms with Crippen molar-refractivity contribution in [2.45, 2.75) is 23.9 Å². The first-order chi connectivity index (χ1) is 6.05. The molecule has 6 heteroatoms. The lowest BCUT2D eigenvalue weighted by molar-refractivity contribution is -0.174. The summed E-state index contributed by atoms with van der Waals surface area (Å²) in [5, 5.41) is 48.4. The zero-order valence-corrected chi connectivity index (χ0v) is 7.09. The quantitative estimate of drug-likeness (QED) is 0.270. The predicted octanol–water partition coefficient (Wildman–Crippen LogP) is -3.60.